The highest BCUT2D eigenvalue weighted by Crippen LogP contribution is 2.68. The molecule has 0 heterocycles. The third kappa shape index (κ3) is 3.70. The van der Waals surface area contributed by atoms with E-state index in [1.807, 2.05) is 6.08 Å². The summed E-state index contributed by atoms with van der Waals surface area (Å²) in [5, 5.41) is 19.9. The molecule has 4 rings (SSSR count). The Labute approximate surface area is 200 Å². The van der Waals surface area contributed by atoms with Crippen molar-refractivity contribution >= 4 is 5.97 Å². The van der Waals surface area contributed by atoms with Gasteiger partial charge in [-0.05, 0) is 91.6 Å². The van der Waals surface area contributed by atoms with Gasteiger partial charge in [0.15, 0.2) is 0 Å². The molecule has 0 aromatic rings. The quantitative estimate of drug-likeness (QED) is 0.346. The topological polar surface area (TPSA) is 57.5 Å². The molecule has 0 aliphatic heterocycles. The third-order valence-corrected chi connectivity index (χ3v) is 10.5. The fourth-order valence-corrected chi connectivity index (χ4v) is 8.09. The zero-order valence-electron chi connectivity index (χ0n) is 21.6. The smallest absolute Gasteiger partial charge is 0.330 e. The number of fused-ring (bicyclic) bond motifs is 5. The molecule has 0 saturated heterocycles. The van der Waals surface area contributed by atoms with Crippen LogP contribution in [0.5, 0.6) is 0 Å². The lowest BCUT2D eigenvalue weighted by Gasteiger charge is -2.57. The summed E-state index contributed by atoms with van der Waals surface area (Å²) in [5.41, 5.74) is 5.17. The maximum absolute atomic E-state index is 11.1. The van der Waals surface area contributed by atoms with Gasteiger partial charge in [0, 0.05) is 16.9 Å². The van der Waals surface area contributed by atoms with Crippen molar-refractivity contribution in [2.75, 3.05) is 0 Å². The molecule has 0 unspecified atom stereocenters. The van der Waals surface area contributed by atoms with Gasteiger partial charge in [-0.2, -0.15) is 0 Å². The Hall–Kier alpha value is -1.61. The fraction of sp³-hybridized carbons (Fsp3) is 0.700. The number of carboxylic acid groups (broad SMARTS) is 1. The van der Waals surface area contributed by atoms with E-state index in [0.717, 1.165) is 38.5 Å². The van der Waals surface area contributed by atoms with E-state index in [0.29, 0.717) is 29.2 Å². The van der Waals surface area contributed by atoms with Gasteiger partial charge < -0.3 is 10.2 Å². The van der Waals surface area contributed by atoms with Gasteiger partial charge in [0.1, 0.15) is 0 Å². The zero-order valence-corrected chi connectivity index (χ0v) is 21.6. The van der Waals surface area contributed by atoms with Gasteiger partial charge in [-0.25, -0.2) is 4.79 Å². The summed E-state index contributed by atoms with van der Waals surface area (Å²) in [6.45, 7) is 18.1. The first-order chi connectivity index (χ1) is 15.3. The molecule has 0 spiro atoms. The summed E-state index contributed by atoms with van der Waals surface area (Å²) < 4.78 is 0. The van der Waals surface area contributed by atoms with Crippen LogP contribution >= 0.6 is 0 Å². The lowest BCUT2D eigenvalue weighted by molar-refractivity contribution is -0.132. The van der Waals surface area contributed by atoms with Crippen LogP contribution in [0.3, 0.4) is 0 Å². The molecule has 2 fully saturated rings. The molecule has 2 N–H and O–H groups in total. The molecule has 3 nitrogen and oxygen atoms in total. The van der Waals surface area contributed by atoms with Gasteiger partial charge in [-0.1, -0.05) is 65.0 Å². The van der Waals surface area contributed by atoms with E-state index in [1.54, 1.807) is 18.1 Å². The number of hydrogen-bond acceptors (Lipinski definition) is 2. The zero-order chi connectivity index (χ0) is 24.3. The molecule has 7 atom stereocenters. The van der Waals surface area contributed by atoms with E-state index in [2.05, 4.69) is 53.3 Å². The molecule has 182 valence electrons. The van der Waals surface area contributed by atoms with Crippen LogP contribution in [0.15, 0.2) is 47.1 Å². The van der Waals surface area contributed by atoms with Crippen molar-refractivity contribution < 1.29 is 15.0 Å². The minimum Gasteiger partial charge on any atom is -0.478 e. The van der Waals surface area contributed by atoms with Gasteiger partial charge >= 0.3 is 5.97 Å². The molecule has 3 heteroatoms. The molecule has 4 aliphatic carbocycles. The summed E-state index contributed by atoms with van der Waals surface area (Å²) in [6.07, 6.45) is 13.9. The second-order valence-electron chi connectivity index (χ2n) is 12.6. The van der Waals surface area contributed by atoms with Crippen molar-refractivity contribution in [1.82, 2.24) is 0 Å². The molecular weight excluding hydrogens is 408 g/mol. The molecular formula is C30H44O3. The monoisotopic (exact) mass is 452 g/mol. The van der Waals surface area contributed by atoms with Gasteiger partial charge in [0.25, 0.3) is 0 Å². The maximum atomic E-state index is 11.1. The fourth-order valence-electron chi connectivity index (χ4n) is 8.09. The van der Waals surface area contributed by atoms with E-state index in [-0.39, 0.29) is 22.3 Å². The van der Waals surface area contributed by atoms with Crippen LogP contribution in [-0.2, 0) is 4.79 Å². The van der Waals surface area contributed by atoms with E-state index >= 15 is 0 Å². The lowest BCUT2D eigenvalue weighted by Crippen LogP contribution is -2.52. The maximum Gasteiger partial charge on any atom is 0.330 e. The van der Waals surface area contributed by atoms with Crippen LogP contribution in [-0.4, -0.2) is 22.3 Å². The van der Waals surface area contributed by atoms with Gasteiger partial charge in [-0.3, -0.25) is 0 Å². The number of hydrogen-bond donors (Lipinski definition) is 2. The van der Waals surface area contributed by atoms with Crippen molar-refractivity contribution in [1.29, 1.82) is 0 Å². The highest BCUT2D eigenvalue weighted by molar-refractivity contribution is 5.85. The standard InChI is InChI=1S/C30H44O3/c1-18(9-8-10-19(2)27(32)33)21-13-15-29(6)22-11-12-25-28(4,5)26(31)14-16-30(25,7)24(22)17-23(29)20(21)3/h10-11,17-18,21,23,25-26,31H,3,8-9,12-16H2,1-2,4-7H3,(H,32,33)/b19-10+/t18-,21-,23-,25+,26+,29+,30-/m1/s1. The first kappa shape index (κ1) is 24.5. The summed E-state index contributed by atoms with van der Waals surface area (Å²) in [5.74, 6) is 1.04. The summed E-state index contributed by atoms with van der Waals surface area (Å²) in [7, 11) is 0. The number of rotatable bonds is 5. The van der Waals surface area contributed by atoms with Crippen LogP contribution in [0.4, 0.5) is 0 Å². The summed E-state index contributed by atoms with van der Waals surface area (Å²) in [4.78, 5) is 11.1. The third-order valence-electron chi connectivity index (χ3n) is 10.5. The number of carbonyl (C=O) groups is 1. The number of aliphatic hydroxyl groups is 1. The average molecular weight is 453 g/mol. The molecule has 0 bridgehead atoms. The molecule has 0 aromatic heterocycles. The Balaban J connectivity index is 1.58. The first-order valence-corrected chi connectivity index (χ1v) is 13.0. The minimum absolute atomic E-state index is 0.0692. The Morgan fingerprint density at radius 3 is 2.52 bits per heavy atom. The van der Waals surface area contributed by atoms with Crippen LogP contribution < -0.4 is 0 Å². The second-order valence-corrected chi connectivity index (χ2v) is 12.6. The van der Waals surface area contributed by atoms with Crippen LogP contribution in [0, 0.1) is 39.9 Å². The Morgan fingerprint density at radius 1 is 1.18 bits per heavy atom. The number of aliphatic hydroxyl groups excluding tert-OH is 1. The molecule has 33 heavy (non-hydrogen) atoms. The highest BCUT2D eigenvalue weighted by atomic mass is 16.4. The predicted molar refractivity (Wildman–Crippen MR) is 135 cm³/mol. The Bertz CT molecular complexity index is 934. The predicted octanol–water partition coefficient (Wildman–Crippen LogP) is 7.10. The average Bonchev–Trinajstić information content (AvgIpc) is 3.06. The van der Waals surface area contributed by atoms with Crippen molar-refractivity contribution in [3.8, 4) is 0 Å². The highest BCUT2D eigenvalue weighted by Gasteiger charge is 2.59. The van der Waals surface area contributed by atoms with E-state index < -0.39 is 5.97 Å². The molecule has 0 aromatic carbocycles. The van der Waals surface area contributed by atoms with Gasteiger partial charge in [0.2, 0.25) is 0 Å². The lowest BCUT2D eigenvalue weighted by atomic mass is 9.48. The van der Waals surface area contributed by atoms with Crippen molar-refractivity contribution in [3.05, 3.63) is 47.1 Å². The number of allylic oxidation sites excluding steroid dienone is 6. The van der Waals surface area contributed by atoms with Crippen molar-refractivity contribution in [2.24, 2.45) is 39.9 Å². The molecule has 0 radical (unpaired) electrons. The number of carboxylic acids is 1. The minimum atomic E-state index is -0.820. The Morgan fingerprint density at radius 2 is 1.85 bits per heavy atom. The van der Waals surface area contributed by atoms with E-state index in [4.69, 9.17) is 5.11 Å². The van der Waals surface area contributed by atoms with Crippen molar-refractivity contribution in [2.45, 2.75) is 92.6 Å². The largest absolute Gasteiger partial charge is 0.478 e. The van der Waals surface area contributed by atoms with Crippen LogP contribution in [0.1, 0.15) is 86.5 Å². The molecule has 0 amide bonds. The van der Waals surface area contributed by atoms with Crippen LogP contribution in [0.25, 0.3) is 0 Å². The first-order valence-electron chi connectivity index (χ1n) is 13.0. The summed E-state index contributed by atoms with van der Waals surface area (Å²) in [6, 6.07) is 0. The molecule has 2 saturated carbocycles. The van der Waals surface area contributed by atoms with Gasteiger partial charge in [0.05, 0.1) is 6.10 Å². The van der Waals surface area contributed by atoms with E-state index in [9.17, 15) is 9.90 Å². The summed E-state index contributed by atoms with van der Waals surface area (Å²) >= 11 is 0. The molecule has 4 aliphatic rings. The van der Waals surface area contributed by atoms with Gasteiger partial charge in [-0.15, -0.1) is 0 Å². The van der Waals surface area contributed by atoms with Crippen molar-refractivity contribution in [3.63, 3.8) is 0 Å². The number of aliphatic carboxylic acids is 1. The normalized spacial score (nSPS) is 40.8. The Kier molecular flexibility index (Phi) is 6.13. The van der Waals surface area contributed by atoms with Crippen LogP contribution in [0.2, 0.25) is 0 Å². The second kappa shape index (κ2) is 8.26. The SMILES string of the molecule is C=C1[C@H]2C=C3C(=CC[C@H]4C(C)(C)[C@@H](O)CC[C@]34C)[C@]2(C)CC[C@@H]1[C@H](C)CC/C=C(\C)C(=O)O. The van der Waals surface area contributed by atoms with E-state index in [1.165, 1.54) is 12.0 Å².